The van der Waals surface area contributed by atoms with Gasteiger partial charge in [-0.1, -0.05) is 0 Å². The van der Waals surface area contributed by atoms with Crippen LogP contribution in [0.4, 0.5) is 0 Å². The highest BCUT2D eigenvalue weighted by Gasteiger charge is 2.52. The van der Waals surface area contributed by atoms with Crippen molar-refractivity contribution in [2.24, 2.45) is 0 Å². The first-order chi connectivity index (χ1) is 9.39. The fourth-order valence-corrected chi connectivity index (χ4v) is 2.66. The number of hydrogen-bond donors (Lipinski definition) is 0. The van der Waals surface area contributed by atoms with E-state index < -0.39 is 7.12 Å². The summed E-state index contributed by atoms with van der Waals surface area (Å²) in [6.07, 6.45) is 3.47. The average Bonchev–Trinajstić information content (AvgIpc) is 2.97. The van der Waals surface area contributed by atoms with Crippen LogP contribution >= 0.6 is 11.3 Å². The van der Waals surface area contributed by atoms with E-state index in [1.807, 2.05) is 39.1 Å². The fraction of sp³-hybridized carbons (Fsp3) is 0.429. The third kappa shape index (κ3) is 2.28. The standard InChI is InChI=1S/C14H17BN2O2S/c1-13(2)14(3,4)19-15(18-13)12-8-16-7-11(17-12)10-5-6-20-9-10/h5-9H,1-4H3. The van der Waals surface area contributed by atoms with Crippen LogP contribution in [0.2, 0.25) is 0 Å². The third-order valence-electron chi connectivity index (χ3n) is 3.96. The Balaban J connectivity index is 1.91. The molecule has 1 aliphatic rings. The molecule has 0 atom stereocenters. The van der Waals surface area contributed by atoms with E-state index >= 15 is 0 Å². The monoisotopic (exact) mass is 288 g/mol. The van der Waals surface area contributed by atoms with Gasteiger partial charge in [-0.2, -0.15) is 11.3 Å². The van der Waals surface area contributed by atoms with Gasteiger partial charge in [0.25, 0.3) is 0 Å². The quantitative estimate of drug-likeness (QED) is 0.796. The molecule has 0 bridgehead atoms. The van der Waals surface area contributed by atoms with Crippen molar-refractivity contribution in [1.82, 2.24) is 9.97 Å². The first-order valence-electron chi connectivity index (χ1n) is 6.59. The van der Waals surface area contributed by atoms with Gasteiger partial charge in [-0.05, 0) is 39.1 Å². The van der Waals surface area contributed by atoms with Crippen LogP contribution < -0.4 is 5.59 Å². The van der Waals surface area contributed by atoms with Crippen molar-refractivity contribution in [3.05, 3.63) is 29.2 Å². The SMILES string of the molecule is CC1(C)OB(c2cncc(-c3ccsc3)n2)OC1(C)C. The first-order valence-corrected chi connectivity index (χ1v) is 7.53. The number of rotatable bonds is 2. The van der Waals surface area contributed by atoms with Gasteiger partial charge >= 0.3 is 7.12 Å². The van der Waals surface area contributed by atoms with Crippen LogP contribution in [0.15, 0.2) is 29.2 Å². The normalized spacial score (nSPS) is 20.3. The molecule has 0 radical (unpaired) electrons. The Labute approximate surface area is 123 Å². The van der Waals surface area contributed by atoms with Gasteiger partial charge in [0.2, 0.25) is 0 Å². The summed E-state index contributed by atoms with van der Waals surface area (Å²) in [7, 11) is -0.467. The van der Waals surface area contributed by atoms with Crippen molar-refractivity contribution >= 4 is 24.0 Å². The van der Waals surface area contributed by atoms with Crippen LogP contribution in [-0.4, -0.2) is 28.3 Å². The molecule has 104 valence electrons. The van der Waals surface area contributed by atoms with E-state index in [9.17, 15) is 0 Å². The van der Waals surface area contributed by atoms with E-state index in [4.69, 9.17) is 9.31 Å². The molecule has 6 heteroatoms. The topological polar surface area (TPSA) is 44.2 Å². The lowest BCUT2D eigenvalue weighted by Crippen LogP contribution is -2.41. The minimum absolute atomic E-state index is 0.363. The minimum Gasteiger partial charge on any atom is -0.398 e. The number of thiophene rings is 1. The van der Waals surface area contributed by atoms with E-state index in [0.717, 1.165) is 11.3 Å². The highest BCUT2D eigenvalue weighted by atomic mass is 32.1. The zero-order chi connectivity index (χ0) is 14.4. The molecule has 4 nitrogen and oxygen atoms in total. The second kappa shape index (κ2) is 4.65. The minimum atomic E-state index is -0.467. The summed E-state index contributed by atoms with van der Waals surface area (Å²) in [4.78, 5) is 8.89. The van der Waals surface area contributed by atoms with Crippen LogP contribution in [0.5, 0.6) is 0 Å². The summed E-state index contributed by atoms with van der Waals surface area (Å²) in [5, 5.41) is 4.08. The molecule has 1 fully saturated rings. The van der Waals surface area contributed by atoms with Crippen molar-refractivity contribution in [3.8, 4) is 11.3 Å². The van der Waals surface area contributed by atoms with E-state index in [0.29, 0.717) is 5.59 Å². The number of hydrogen-bond acceptors (Lipinski definition) is 5. The summed E-state index contributed by atoms with van der Waals surface area (Å²) >= 11 is 1.64. The lowest BCUT2D eigenvalue weighted by molar-refractivity contribution is 0.00578. The molecular formula is C14H17BN2O2S. The molecule has 0 amide bonds. The Hall–Kier alpha value is -1.24. The summed E-state index contributed by atoms with van der Waals surface area (Å²) in [5.41, 5.74) is 1.90. The van der Waals surface area contributed by atoms with Crippen LogP contribution in [0.3, 0.4) is 0 Å². The van der Waals surface area contributed by atoms with Gasteiger partial charge < -0.3 is 9.31 Å². The van der Waals surface area contributed by atoms with E-state index in [2.05, 4.69) is 15.3 Å². The Morgan fingerprint density at radius 1 is 1.10 bits per heavy atom. The average molecular weight is 288 g/mol. The second-order valence-corrected chi connectivity index (χ2v) is 6.71. The Bertz CT molecular complexity index is 597. The number of nitrogens with zero attached hydrogens (tertiary/aromatic N) is 2. The predicted molar refractivity (Wildman–Crippen MR) is 81.1 cm³/mol. The van der Waals surface area contributed by atoms with Gasteiger partial charge in [0.1, 0.15) is 0 Å². The van der Waals surface area contributed by atoms with Crippen molar-refractivity contribution in [3.63, 3.8) is 0 Å². The lowest BCUT2D eigenvalue weighted by atomic mass is 9.85. The Kier molecular flexibility index (Phi) is 3.19. The number of aromatic nitrogens is 2. The molecule has 20 heavy (non-hydrogen) atoms. The van der Waals surface area contributed by atoms with E-state index in [1.54, 1.807) is 23.7 Å². The summed E-state index contributed by atoms with van der Waals surface area (Å²) in [5.74, 6) is 0. The highest BCUT2D eigenvalue weighted by molar-refractivity contribution is 7.08. The summed E-state index contributed by atoms with van der Waals surface area (Å²) in [6, 6.07) is 2.03. The van der Waals surface area contributed by atoms with Crippen LogP contribution in [-0.2, 0) is 9.31 Å². The molecular weight excluding hydrogens is 271 g/mol. The van der Waals surface area contributed by atoms with Crippen molar-refractivity contribution in [2.45, 2.75) is 38.9 Å². The van der Waals surface area contributed by atoms with Crippen molar-refractivity contribution in [1.29, 1.82) is 0 Å². The van der Waals surface area contributed by atoms with Crippen LogP contribution in [0.25, 0.3) is 11.3 Å². The maximum Gasteiger partial charge on any atom is 0.516 e. The molecule has 0 aliphatic carbocycles. The van der Waals surface area contributed by atoms with Gasteiger partial charge in [-0.3, -0.25) is 9.97 Å². The van der Waals surface area contributed by atoms with Crippen molar-refractivity contribution < 1.29 is 9.31 Å². The van der Waals surface area contributed by atoms with Crippen molar-refractivity contribution in [2.75, 3.05) is 0 Å². The molecule has 1 saturated heterocycles. The molecule has 3 heterocycles. The molecule has 0 unspecified atom stereocenters. The summed E-state index contributed by atoms with van der Waals surface area (Å²) < 4.78 is 12.0. The fourth-order valence-electron chi connectivity index (χ4n) is 2.01. The molecule has 2 aromatic rings. The van der Waals surface area contributed by atoms with Gasteiger partial charge in [-0.15, -0.1) is 0 Å². The molecule has 0 saturated carbocycles. The largest absolute Gasteiger partial charge is 0.516 e. The van der Waals surface area contributed by atoms with Gasteiger partial charge in [0.05, 0.1) is 28.7 Å². The molecule has 0 spiro atoms. The molecule has 0 aromatic carbocycles. The van der Waals surface area contributed by atoms with Crippen LogP contribution in [0.1, 0.15) is 27.7 Å². The van der Waals surface area contributed by atoms with Gasteiger partial charge in [0.15, 0.2) is 0 Å². The Morgan fingerprint density at radius 3 is 2.40 bits per heavy atom. The summed E-state index contributed by atoms with van der Waals surface area (Å²) in [6.45, 7) is 8.12. The first kappa shape index (κ1) is 13.7. The van der Waals surface area contributed by atoms with Gasteiger partial charge in [-0.25, -0.2) is 0 Å². The molecule has 1 aliphatic heterocycles. The van der Waals surface area contributed by atoms with Gasteiger partial charge in [0, 0.05) is 17.1 Å². The maximum absolute atomic E-state index is 6.00. The molecule has 2 aromatic heterocycles. The highest BCUT2D eigenvalue weighted by Crippen LogP contribution is 2.36. The Morgan fingerprint density at radius 2 is 1.80 bits per heavy atom. The molecule has 3 rings (SSSR count). The smallest absolute Gasteiger partial charge is 0.398 e. The van der Waals surface area contributed by atoms with E-state index in [-0.39, 0.29) is 11.2 Å². The molecule has 0 N–H and O–H groups in total. The zero-order valence-electron chi connectivity index (χ0n) is 12.1. The lowest BCUT2D eigenvalue weighted by Gasteiger charge is -2.32. The third-order valence-corrected chi connectivity index (χ3v) is 4.65. The zero-order valence-corrected chi connectivity index (χ0v) is 12.9. The van der Waals surface area contributed by atoms with E-state index in [1.165, 1.54) is 0 Å². The maximum atomic E-state index is 6.00. The predicted octanol–water partition coefficient (Wildman–Crippen LogP) is 2.50. The second-order valence-electron chi connectivity index (χ2n) is 5.93. The van der Waals surface area contributed by atoms with Crippen LogP contribution in [0, 0.1) is 0 Å².